The van der Waals surface area contributed by atoms with Crippen molar-refractivity contribution in [3.05, 3.63) is 154 Å². The van der Waals surface area contributed by atoms with E-state index in [1.807, 2.05) is 48.5 Å². The third-order valence-electron chi connectivity index (χ3n) is 8.09. The summed E-state index contributed by atoms with van der Waals surface area (Å²) in [7, 11) is 0. The van der Waals surface area contributed by atoms with Gasteiger partial charge in [-0.25, -0.2) is 6.08 Å². The first-order valence-electron chi connectivity index (χ1n) is 16.7. The predicted octanol–water partition coefficient (Wildman–Crippen LogP) is 12.2. The Morgan fingerprint density at radius 3 is 1.51 bits per heavy atom. The molecule has 0 nitrogen and oxygen atoms in total. The van der Waals surface area contributed by atoms with E-state index in [0.29, 0.717) is 11.3 Å². The molecule has 0 fully saturated rings. The van der Waals surface area contributed by atoms with E-state index < -0.39 is 0 Å². The van der Waals surface area contributed by atoms with Crippen molar-refractivity contribution >= 4 is 4.21 Å². The summed E-state index contributed by atoms with van der Waals surface area (Å²) in [6.07, 6.45) is 8.68. The number of hydrogen-bond donors (Lipinski definition) is 0. The second-order valence-corrected chi connectivity index (χ2v) is 15.5. The first-order chi connectivity index (χ1) is 21.9. The molecule has 0 saturated heterocycles. The molecule has 4 aromatic rings. The Hall–Kier alpha value is -2.89. The summed E-state index contributed by atoms with van der Waals surface area (Å²) in [6, 6.07) is 36.7. The van der Waals surface area contributed by atoms with E-state index in [4.69, 9.17) is 0 Å². The van der Waals surface area contributed by atoms with E-state index in [0.717, 1.165) is 6.42 Å². The second kappa shape index (κ2) is 18.0. The molecule has 0 bridgehead atoms. The summed E-state index contributed by atoms with van der Waals surface area (Å²) in [4.78, 5) is 0. The van der Waals surface area contributed by atoms with Crippen LogP contribution in [0.4, 0.5) is 0 Å². The Morgan fingerprint density at radius 2 is 1.15 bits per heavy atom. The third-order valence-corrected chi connectivity index (χ3v) is 8.09. The molecule has 2 aliphatic carbocycles. The van der Waals surface area contributed by atoms with Gasteiger partial charge in [-0.05, 0) is 17.4 Å². The summed E-state index contributed by atoms with van der Waals surface area (Å²) >= 11 is 1.30. The Kier molecular flexibility index (Phi) is 15.5. The molecule has 0 radical (unpaired) electrons. The molecule has 0 saturated carbocycles. The van der Waals surface area contributed by atoms with E-state index in [1.165, 1.54) is 74.3 Å². The van der Waals surface area contributed by atoms with Crippen molar-refractivity contribution in [1.82, 2.24) is 0 Å². The number of fused-ring (bicyclic) bond motifs is 3. The molecule has 1 atom stereocenters. The molecule has 2 aliphatic rings. The van der Waals surface area contributed by atoms with Gasteiger partial charge in [0.05, 0.1) is 0 Å². The van der Waals surface area contributed by atoms with Crippen molar-refractivity contribution in [2.75, 3.05) is 0 Å². The van der Waals surface area contributed by atoms with Crippen LogP contribution in [0, 0.1) is 49.5 Å². The van der Waals surface area contributed by atoms with Crippen LogP contribution in [0.25, 0.3) is 11.1 Å². The van der Waals surface area contributed by atoms with Crippen LogP contribution in [0.3, 0.4) is 0 Å². The molecule has 4 aromatic carbocycles. The molecule has 0 aromatic heterocycles. The van der Waals surface area contributed by atoms with Crippen molar-refractivity contribution in [2.45, 2.75) is 100 Å². The number of benzene rings is 4. The van der Waals surface area contributed by atoms with Gasteiger partial charge in [-0.3, -0.25) is 6.08 Å². The van der Waals surface area contributed by atoms with Gasteiger partial charge in [-0.2, -0.15) is 113 Å². The first-order valence-corrected chi connectivity index (χ1v) is 18.4. The molecule has 47 heavy (non-hydrogen) atoms. The first kappa shape index (κ1) is 40.3. The van der Waals surface area contributed by atoms with Crippen molar-refractivity contribution in [1.29, 1.82) is 0 Å². The maximum absolute atomic E-state index is 3.53. The van der Waals surface area contributed by atoms with Gasteiger partial charge in [0.1, 0.15) is 0 Å². The van der Waals surface area contributed by atoms with E-state index >= 15 is 0 Å². The number of hydrogen-bond acceptors (Lipinski definition) is 0. The number of rotatable bonds is 0. The Bertz CT molecular complexity index is 1480. The van der Waals surface area contributed by atoms with Crippen molar-refractivity contribution in [3.8, 4) is 11.1 Å². The molecule has 0 N–H and O–H groups in total. The van der Waals surface area contributed by atoms with Crippen LogP contribution >= 0.6 is 0 Å². The van der Waals surface area contributed by atoms with E-state index in [-0.39, 0.29) is 10.8 Å². The van der Waals surface area contributed by atoms with Gasteiger partial charge in [0.15, 0.2) is 0 Å². The average molecular weight is 700 g/mol. The average Bonchev–Trinajstić information content (AvgIpc) is 3.62. The Morgan fingerprint density at radius 1 is 0.660 bits per heavy atom. The van der Waals surface area contributed by atoms with Crippen LogP contribution in [0.2, 0.25) is 0 Å². The normalized spacial score (nSPS) is 14.3. The predicted molar refractivity (Wildman–Crippen MR) is 203 cm³/mol. The zero-order chi connectivity index (χ0) is 35.4. The van der Waals surface area contributed by atoms with Gasteiger partial charge in [0, 0.05) is 0 Å². The summed E-state index contributed by atoms with van der Waals surface area (Å²) < 4.78 is 3.34. The van der Waals surface area contributed by atoms with Crippen molar-refractivity contribution in [2.24, 2.45) is 11.3 Å². The maximum atomic E-state index is 3.53. The summed E-state index contributed by atoms with van der Waals surface area (Å²) in [5.41, 5.74) is 13.1. The second-order valence-electron chi connectivity index (χ2n) is 15.5. The number of aryl methyl sites for hydroxylation is 2. The van der Waals surface area contributed by atoms with Crippen LogP contribution in [-0.4, -0.2) is 4.21 Å². The van der Waals surface area contributed by atoms with Crippen molar-refractivity contribution < 1.29 is 24.2 Å². The number of allylic oxidation sites excluding steroid dienone is 4. The van der Waals surface area contributed by atoms with Crippen LogP contribution in [0.15, 0.2) is 96.6 Å². The topological polar surface area (TPSA) is 0 Å². The SMILES string of the molecule is CC(C)(C)c1c[c-]c2c(c1)-c1cc(C(C)(C)C)ccc1C2.CC1[C-]=CC(C(C)(C)C)=C1.Cc1cc[c-]cc1.Cc1cc[c-]cc1.[CH2]=[Zr]. The van der Waals surface area contributed by atoms with Gasteiger partial charge in [0.25, 0.3) is 0 Å². The molecule has 0 aliphatic heterocycles. The standard InChI is InChI=1S/C21H25.C10H15.2C7H7.CH2.Zr/c1-20(2,3)16-9-7-14-11-15-8-10-17(21(4,5)6)13-19(15)18(14)12-16;1-8-5-6-9(7-8)10(2,3)4;2*1-7-5-3-2-4-6-7;;/h7,9-10,12-13H,11H2,1-6H3;6-8H,1-4H3;2*3-6H,1H3;1H2;/q4*-1;;. The minimum atomic E-state index is 0.177. The zero-order valence-electron chi connectivity index (χ0n) is 31.2. The van der Waals surface area contributed by atoms with E-state index in [2.05, 4.69) is 154 Å². The fourth-order valence-electron chi connectivity index (χ4n) is 4.98. The molecular weight excluding hydrogens is 644 g/mol. The van der Waals surface area contributed by atoms with Crippen LogP contribution < -0.4 is 0 Å². The van der Waals surface area contributed by atoms with Crippen molar-refractivity contribution in [3.63, 3.8) is 0 Å². The zero-order valence-corrected chi connectivity index (χ0v) is 33.6. The van der Waals surface area contributed by atoms with Crippen LogP contribution in [0.5, 0.6) is 0 Å². The fourth-order valence-corrected chi connectivity index (χ4v) is 4.98. The Balaban J connectivity index is 0.000000244. The molecule has 0 spiro atoms. The van der Waals surface area contributed by atoms with E-state index in [9.17, 15) is 0 Å². The molecule has 6 rings (SSSR count). The van der Waals surface area contributed by atoms with Gasteiger partial charge in [-0.1, -0.05) is 129 Å². The summed E-state index contributed by atoms with van der Waals surface area (Å²) in [6.45, 7) is 26.6. The monoisotopic (exact) mass is 698 g/mol. The Labute approximate surface area is 303 Å². The van der Waals surface area contributed by atoms with Gasteiger partial charge < -0.3 is 0 Å². The minimum absolute atomic E-state index is 0.177. The molecule has 0 heterocycles. The van der Waals surface area contributed by atoms with Crippen LogP contribution in [-0.2, 0) is 41.5 Å². The summed E-state index contributed by atoms with van der Waals surface area (Å²) in [5.74, 6) is 0.522. The third kappa shape index (κ3) is 13.3. The van der Waals surface area contributed by atoms with Crippen LogP contribution in [0.1, 0.15) is 103 Å². The molecule has 0 amide bonds. The van der Waals surface area contributed by atoms with Gasteiger partial charge >= 0.3 is 28.4 Å². The van der Waals surface area contributed by atoms with Gasteiger partial charge in [-0.15, -0.1) is 5.56 Å². The molecule has 248 valence electrons. The summed E-state index contributed by atoms with van der Waals surface area (Å²) in [5, 5.41) is 0. The molecule has 1 unspecified atom stereocenters. The molecular formula is C46H56Zr-4. The van der Waals surface area contributed by atoms with E-state index in [1.54, 1.807) is 0 Å². The van der Waals surface area contributed by atoms with Gasteiger partial charge in [0.2, 0.25) is 0 Å². The quantitative estimate of drug-likeness (QED) is 0.141. The fraction of sp³-hybridized carbons (Fsp3) is 0.370. The molecule has 1 heteroatoms.